The Hall–Kier alpha value is -3.01. The molecule has 0 amide bonds. The molecule has 0 aliphatic rings. The third-order valence-electron chi connectivity index (χ3n) is 3.86. The quantitative estimate of drug-likeness (QED) is 0.605. The number of aryl methyl sites for hydroxylation is 1. The van der Waals surface area contributed by atoms with Crippen molar-refractivity contribution in [3.05, 3.63) is 75.5 Å². The van der Waals surface area contributed by atoms with E-state index < -0.39 is 29.6 Å². The maximum atomic E-state index is 13.8. The molecular weight excluding hydrogens is 390 g/mol. The van der Waals surface area contributed by atoms with Crippen LogP contribution in [0.5, 0.6) is 0 Å². The van der Waals surface area contributed by atoms with Gasteiger partial charge in [0.25, 0.3) is 5.56 Å². The van der Waals surface area contributed by atoms with E-state index in [2.05, 4.69) is 10.2 Å². The molecule has 1 aromatic carbocycles. The summed E-state index contributed by atoms with van der Waals surface area (Å²) in [4.78, 5) is 23.9. The Morgan fingerprint density at radius 3 is 2.79 bits per heavy atom. The molecule has 0 unspecified atom stereocenters. The van der Waals surface area contributed by atoms with Gasteiger partial charge in [0, 0.05) is 41.1 Å². The molecule has 1 N–H and O–H groups in total. The van der Waals surface area contributed by atoms with E-state index in [1.54, 1.807) is 24.1 Å². The first-order chi connectivity index (χ1) is 13.3. The minimum Gasteiger partial charge on any atom is -0.481 e. The van der Waals surface area contributed by atoms with Crippen molar-refractivity contribution in [2.24, 2.45) is 7.05 Å². The third kappa shape index (κ3) is 4.63. The Balaban J connectivity index is 1.89. The van der Waals surface area contributed by atoms with E-state index in [4.69, 9.17) is 5.11 Å². The summed E-state index contributed by atoms with van der Waals surface area (Å²) >= 11 is 1.04. The number of carboxylic acid groups (broad SMARTS) is 1. The molecule has 0 saturated heterocycles. The molecule has 0 aliphatic heterocycles. The summed E-state index contributed by atoms with van der Waals surface area (Å²) in [5.41, 5.74) is 0.601. The van der Waals surface area contributed by atoms with Crippen LogP contribution in [-0.4, -0.2) is 30.6 Å². The zero-order valence-corrected chi connectivity index (χ0v) is 15.6. The molecule has 0 spiro atoms. The molecule has 0 fully saturated rings. The van der Waals surface area contributed by atoms with E-state index in [-0.39, 0.29) is 23.6 Å². The fraction of sp³-hybridized carbons (Fsp3) is 0.222. The Morgan fingerprint density at radius 2 is 2.11 bits per heavy atom. The van der Waals surface area contributed by atoms with Crippen molar-refractivity contribution >= 4 is 17.7 Å². The van der Waals surface area contributed by atoms with Crippen LogP contribution in [0.1, 0.15) is 16.8 Å². The van der Waals surface area contributed by atoms with E-state index in [0.29, 0.717) is 4.90 Å². The predicted molar refractivity (Wildman–Crippen MR) is 98.1 cm³/mol. The maximum absolute atomic E-state index is 13.8. The average Bonchev–Trinajstić information content (AvgIpc) is 3.04. The summed E-state index contributed by atoms with van der Waals surface area (Å²) < 4.78 is 29.9. The number of hydrogen-bond donors (Lipinski definition) is 1. The summed E-state index contributed by atoms with van der Waals surface area (Å²) in [6.45, 7) is 0.142. The lowest BCUT2D eigenvalue weighted by molar-refractivity contribution is -0.136. The number of aromatic nitrogens is 4. The van der Waals surface area contributed by atoms with Gasteiger partial charge in [0.1, 0.15) is 0 Å². The number of carboxylic acids is 1. The number of hydrogen-bond acceptors (Lipinski definition) is 5. The molecule has 7 nitrogen and oxygen atoms in total. The lowest BCUT2D eigenvalue weighted by Crippen LogP contribution is -2.25. The van der Waals surface area contributed by atoms with Gasteiger partial charge in [0.15, 0.2) is 11.6 Å². The second kappa shape index (κ2) is 8.34. The van der Waals surface area contributed by atoms with Crippen LogP contribution in [0, 0.1) is 11.6 Å². The Labute approximate surface area is 162 Å². The van der Waals surface area contributed by atoms with Crippen molar-refractivity contribution in [2.45, 2.75) is 23.6 Å². The number of benzene rings is 1. The van der Waals surface area contributed by atoms with Gasteiger partial charge in [-0.2, -0.15) is 10.2 Å². The zero-order valence-electron chi connectivity index (χ0n) is 14.8. The second-order valence-corrected chi connectivity index (χ2v) is 7.06. The highest BCUT2D eigenvalue weighted by atomic mass is 32.2. The van der Waals surface area contributed by atoms with Gasteiger partial charge in [0.05, 0.1) is 24.9 Å². The summed E-state index contributed by atoms with van der Waals surface area (Å²) in [6, 6.07) is 5.10. The Kier molecular flexibility index (Phi) is 5.88. The molecule has 0 aliphatic carbocycles. The lowest BCUT2D eigenvalue weighted by Gasteiger charge is -2.11. The van der Waals surface area contributed by atoms with Crippen LogP contribution in [0.25, 0.3) is 0 Å². The molecule has 0 saturated carbocycles. The highest BCUT2D eigenvalue weighted by Crippen LogP contribution is 2.26. The van der Waals surface area contributed by atoms with Gasteiger partial charge >= 0.3 is 5.97 Å². The van der Waals surface area contributed by atoms with Crippen LogP contribution in [0.2, 0.25) is 0 Å². The maximum Gasteiger partial charge on any atom is 0.309 e. The van der Waals surface area contributed by atoms with Crippen LogP contribution in [-0.2, 0) is 30.6 Å². The van der Waals surface area contributed by atoms with Gasteiger partial charge in [-0.1, -0.05) is 12.1 Å². The van der Waals surface area contributed by atoms with Crippen molar-refractivity contribution in [3.63, 3.8) is 0 Å². The van der Waals surface area contributed by atoms with E-state index in [1.165, 1.54) is 18.2 Å². The fourth-order valence-electron chi connectivity index (χ4n) is 2.56. The van der Waals surface area contributed by atoms with Crippen molar-refractivity contribution in [1.82, 2.24) is 19.6 Å². The second-order valence-electron chi connectivity index (χ2n) is 6.05. The molecule has 0 radical (unpaired) electrons. The van der Waals surface area contributed by atoms with Gasteiger partial charge in [-0.3, -0.25) is 14.3 Å². The van der Waals surface area contributed by atoms with Crippen LogP contribution >= 0.6 is 11.8 Å². The number of carbonyl (C=O) groups is 1. The van der Waals surface area contributed by atoms with Gasteiger partial charge in [-0.05, 0) is 6.07 Å². The van der Waals surface area contributed by atoms with Crippen molar-refractivity contribution in [3.8, 4) is 0 Å². The molecular formula is C18H16F2N4O3S. The van der Waals surface area contributed by atoms with Crippen LogP contribution in [0.3, 0.4) is 0 Å². The number of rotatable bonds is 7. The Bertz CT molecular complexity index is 1080. The van der Waals surface area contributed by atoms with Crippen LogP contribution in [0.4, 0.5) is 8.78 Å². The first-order valence-electron chi connectivity index (χ1n) is 8.19. The highest BCUT2D eigenvalue weighted by Gasteiger charge is 2.15. The van der Waals surface area contributed by atoms with Gasteiger partial charge in [-0.25, -0.2) is 13.5 Å². The number of halogens is 2. The molecule has 2 heterocycles. The molecule has 3 rings (SSSR count). The predicted octanol–water partition coefficient (Wildman–Crippen LogP) is 2.22. The molecule has 0 atom stereocenters. The lowest BCUT2D eigenvalue weighted by atomic mass is 10.2. The minimum absolute atomic E-state index is 0.0317. The fourth-order valence-corrected chi connectivity index (χ4v) is 3.56. The summed E-state index contributed by atoms with van der Waals surface area (Å²) in [7, 11) is 1.74. The molecule has 10 heteroatoms. The highest BCUT2D eigenvalue weighted by molar-refractivity contribution is 7.98. The van der Waals surface area contributed by atoms with Crippen LogP contribution < -0.4 is 5.56 Å². The summed E-state index contributed by atoms with van der Waals surface area (Å²) in [5.74, 6) is -3.01. The molecule has 2 aromatic heterocycles. The standard InChI is InChI=1S/C18H16F2N4O3S/c1-23-8-11(7-21-23)9-24-16(25)6-15(14(22-24)5-17(26)27)28-10-12-3-2-4-13(19)18(12)20/h2-4,6-8H,5,9-10H2,1H3,(H,26,27). The molecule has 3 aromatic rings. The molecule has 0 bridgehead atoms. The van der Waals surface area contributed by atoms with Crippen molar-refractivity contribution in [2.75, 3.05) is 0 Å². The average molecular weight is 406 g/mol. The summed E-state index contributed by atoms with van der Waals surface area (Å²) in [6.07, 6.45) is 2.90. The van der Waals surface area contributed by atoms with Crippen molar-refractivity contribution < 1.29 is 18.7 Å². The first-order valence-corrected chi connectivity index (χ1v) is 9.18. The van der Waals surface area contributed by atoms with Crippen LogP contribution in [0.15, 0.2) is 46.3 Å². The smallest absolute Gasteiger partial charge is 0.309 e. The van der Waals surface area contributed by atoms with Crippen molar-refractivity contribution in [1.29, 1.82) is 0 Å². The largest absolute Gasteiger partial charge is 0.481 e. The van der Waals surface area contributed by atoms with Gasteiger partial charge < -0.3 is 5.11 Å². The van der Waals surface area contributed by atoms with E-state index in [0.717, 1.165) is 28.1 Å². The third-order valence-corrected chi connectivity index (χ3v) is 4.98. The van der Waals surface area contributed by atoms with Gasteiger partial charge in [0.2, 0.25) is 0 Å². The SMILES string of the molecule is Cn1cc(Cn2nc(CC(=O)O)c(SCc3cccc(F)c3F)cc2=O)cn1. The zero-order chi connectivity index (χ0) is 20.3. The minimum atomic E-state index is -1.11. The van der Waals surface area contributed by atoms with Gasteiger partial charge in [-0.15, -0.1) is 11.8 Å². The molecule has 146 valence electrons. The summed E-state index contributed by atoms with van der Waals surface area (Å²) in [5, 5.41) is 17.3. The van der Waals surface area contributed by atoms with E-state index in [9.17, 15) is 18.4 Å². The first kappa shape index (κ1) is 19.7. The molecule has 28 heavy (non-hydrogen) atoms. The monoisotopic (exact) mass is 406 g/mol. The number of aliphatic carboxylic acids is 1. The number of nitrogens with zero attached hydrogens (tertiary/aromatic N) is 4. The normalized spacial score (nSPS) is 11.0. The van der Waals surface area contributed by atoms with E-state index >= 15 is 0 Å². The number of thioether (sulfide) groups is 1. The van der Waals surface area contributed by atoms with E-state index in [1.807, 2.05) is 0 Å². The topological polar surface area (TPSA) is 90.0 Å². The Morgan fingerprint density at radius 1 is 1.32 bits per heavy atom.